The van der Waals surface area contributed by atoms with Gasteiger partial charge in [-0.15, -0.1) is 0 Å². The van der Waals surface area contributed by atoms with Crippen LogP contribution in [0, 0.1) is 0 Å². The minimum atomic E-state index is 0.0582. The van der Waals surface area contributed by atoms with E-state index in [1.165, 1.54) is 0 Å². The predicted octanol–water partition coefficient (Wildman–Crippen LogP) is 3.01. The number of phenols is 1. The first-order valence-electron chi connectivity index (χ1n) is 5.07. The largest absolute Gasteiger partial charge is 0.505 e. The van der Waals surface area contributed by atoms with Crippen molar-refractivity contribution < 1.29 is 5.11 Å². The lowest BCUT2D eigenvalue weighted by Gasteiger charge is -2.24. The van der Waals surface area contributed by atoms with Crippen molar-refractivity contribution in [3.8, 4) is 5.75 Å². The minimum Gasteiger partial charge on any atom is -0.505 e. The third kappa shape index (κ3) is 2.66. The molecule has 0 aromatic heterocycles. The fraction of sp³-hybridized carbons (Fsp3) is 0.455. The van der Waals surface area contributed by atoms with Crippen LogP contribution in [-0.4, -0.2) is 5.11 Å². The zero-order chi connectivity index (χ0) is 12.3. The van der Waals surface area contributed by atoms with Gasteiger partial charge in [-0.05, 0) is 53.4 Å². The van der Waals surface area contributed by atoms with Gasteiger partial charge in [-0.25, -0.2) is 0 Å². The van der Waals surface area contributed by atoms with E-state index >= 15 is 0 Å². The highest BCUT2D eigenvalue weighted by Crippen LogP contribution is 2.39. The summed E-state index contributed by atoms with van der Waals surface area (Å²) in [7, 11) is 0. The average Bonchev–Trinajstić information content (AvgIpc) is 2.29. The van der Waals surface area contributed by atoms with E-state index in [9.17, 15) is 5.11 Å². The normalized spacial score (nSPS) is 11.8. The van der Waals surface area contributed by atoms with Gasteiger partial charge in [-0.2, -0.15) is 0 Å². The lowest BCUT2D eigenvalue weighted by atomic mass is 9.82. The number of hydrogen-bond donors (Lipinski definition) is 3. The van der Waals surface area contributed by atoms with Gasteiger partial charge in [0.05, 0.1) is 9.79 Å². The van der Waals surface area contributed by atoms with Gasteiger partial charge >= 0.3 is 0 Å². The molecule has 16 heavy (non-hydrogen) atoms. The first kappa shape index (κ1) is 13.7. The first-order valence-corrected chi connectivity index (χ1v) is 6.83. The molecule has 0 spiro atoms. The van der Waals surface area contributed by atoms with Crippen molar-refractivity contribution in [1.82, 2.24) is 0 Å². The molecule has 0 aliphatic rings. The van der Waals surface area contributed by atoms with Gasteiger partial charge in [0, 0.05) is 0 Å². The van der Waals surface area contributed by atoms with Crippen molar-refractivity contribution in [2.75, 3.05) is 0 Å². The van der Waals surface area contributed by atoms with Crippen molar-refractivity contribution >= 4 is 23.9 Å². The summed E-state index contributed by atoms with van der Waals surface area (Å²) in [5.41, 5.74) is 1.21. The SMILES string of the molecule is CCC(C)(C)c1cc(SN)c(O)c(SN)c1. The fourth-order valence-corrected chi connectivity index (χ4v) is 2.25. The van der Waals surface area contributed by atoms with E-state index in [2.05, 4.69) is 20.8 Å². The second-order valence-corrected chi connectivity index (χ2v) is 5.65. The molecule has 0 saturated carbocycles. The van der Waals surface area contributed by atoms with Crippen LogP contribution in [0.25, 0.3) is 0 Å². The van der Waals surface area contributed by atoms with E-state index in [0.29, 0.717) is 9.79 Å². The summed E-state index contributed by atoms with van der Waals surface area (Å²) >= 11 is 2.09. The van der Waals surface area contributed by atoms with Gasteiger partial charge in [0.15, 0.2) is 0 Å². The van der Waals surface area contributed by atoms with Crippen molar-refractivity contribution in [2.24, 2.45) is 10.3 Å². The van der Waals surface area contributed by atoms with Gasteiger partial charge in [0.2, 0.25) is 0 Å². The van der Waals surface area contributed by atoms with Crippen LogP contribution in [0.15, 0.2) is 21.9 Å². The maximum atomic E-state index is 9.85. The van der Waals surface area contributed by atoms with Gasteiger partial charge in [0.25, 0.3) is 0 Å². The number of hydrogen-bond acceptors (Lipinski definition) is 5. The molecule has 0 atom stereocenters. The summed E-state index contributed by atoms with van der Waals surface area (Å²) in [6.45, 7) is 6.46. The molecule has 1 aromatic carbocycles. The molecule has 5 heteroatoms. The van der Waals surface area contributed by atoms with Crippen molar-refractivity contribution in [3.63, 3.8) is 0 Å². The van der Waals surface area contributed by atoms with E-state index in [1.807, 2.05) is 12.1 Å². The van der Waals surface area contributed by atoms with Crippen LogP contribution < -0.4 is 10.3 Å². The molecule has 0 radical (unpaired) electrons. The summed E-state index contributed by atoms with van der Waals surface area (Å²) in [5, 5.41) is 20.9. The third-order valence-electron chi connectivity index (χ3n) is 2.96. The van der Waals surface area contributed by atoms with Gasteiger partial charge < -0.3 is 5.11 Å². The zero-order valence-electron chi connectivity index (χ0n) is 9.78. The Kier molecular flexibility index (Phi) is 4.55. The molecular weight excluding hydrogens is 240 g/mol. The molecule has 0 aliphatic carbocycles. The molecule has 0 fully saturated rings. The molecule has 90 valence electrons. The van der Waals surface area contributed by atoms with Crippen LogP contribution in [0.1, 0.15) is 32.8 Å². The maximum Gasteiger partial charge on any atom is 0.145 e. The number of benzene rings is 1. The van der Waals surface area contributed by atoms with Crippen molar-refractivity contribution in [2.45, 2.75) is 42.4 Å². The summed E-state index contributed by atoms with van der Waals surface area (Å²) in [5.74, 6) is 0.177. The molecule has 3 nitrogen and oxygen atoms in total. The smallest absolute Gasteiger partial charge is 0.145 e. The lowest BCUT2D eigenvalue weighted by molar-refractivity contribution is 0.444. The van der Waals surface area contributed by atoms with Gasteiger partial charge in [-0.1, -0.05) is 20.8 Å². The maximum absolute atomic E-state index is 9.85. The molecular formula is C11H18N2OS2. The van der Waals surface area contributed by atoms with Crippen LogP contribution in [0.2, 0.25) is 0 Å². The molecule has 0 aliphatic heterocycles. The summed E-state index contributed by atoms with van der Waals surface area (Å²) in [6, 6.07) is 3.87. The molecule has 0 saturated heterocycles. The molecule has 1 aromatic rings. The number of aromatic hydroxyl groups is 1. The Morgan fingerprint density at radius 2 is 1.62 bits per heavy atom. The van der Waals surface area contributed by atoms with E-state index in [0.717, 1.165) is 35.9 Å². The van der Waals surface area contributed by atoms with Crippen LogP contribution >= 0.6 is 23.9 Å². The second-order valence-electron chi connectivity index (χ2n) is 4.29. The summed E-state index contributed by atoms with van der Waals surface area (Å²) in [6.07, 6.45) is 1.02. The Balaban J connectivity index is 3.32. The summed E-state index contributed by atoms with van der Waals surface area (Å²) < 4.78 is 0. The van der Waals surface area contributed by atoms with E-state index < -0.39 is 0 Å². The minimum absolute atomic E-state index is 0.0582. The third-order valence-corrected chi connectivity index (χ3v) is 4.09. The molecule has 0 amide bonds. The average molecular weight is 258 g/mol. The highest BCUT2D eigenvalue weighted by atomic mass is 32.2. The second kappa shape index (κ2) is 5.31. The van der Waals surface area contributed by atoms with E-state index in [1.54, 1.807) is 0 Å². The topological polar surface area (TPSA) is 72.3 Å². The molecule has 0 bridgehead atoms. The van der Waals surface area contributed by atoms with Crippen molar-refractivity contribution in [3.05, 3.63) is 17.7 Å². The zero-order valence-corrected chi connectivity index (χ0v) is 11.4. The Labute approximate surface area is 105 Å². The number of phenolic OH excluding ortho intramolecular Hbond substituents is 1. The lowest BCUT2D eigenvalue weighted by Crippen LogP contribution is -2.15. The molecule has 0 unspecified atom stereocenters. The fourth-order valence-electron chi connectivity index (χ4n) is 1.36. The van der Waals surface area contributed by atoms with Gasteiger partial charge in [-0.3, -0.25) is 10.3 Å². The Hall–Kier alpha value is -0.360. The van der Waals surface area contributed by atoms with E-state index in [4.69, 9.17) is 10.3 Å². The van der Waals surface area contributed by atoms with Crippen LogP contribution in [-0.2, 0) is 5.41 Å². The van der Waals surface area contributed by atoms with Crippen molar-refractivity contribution in [1.29, 1.82) is 0 Å². The standard InChI is InChI=1S/C11H18N2OS2/c1-4-11(2,3)7-5-8(15-12)10(14)9(6-7)16-13/h5-6,14H,4,12-13H2,1-3H3. The Morgan fingerprint density at radius 1 is 1.19 bits per heavy atom. The van der Waals surface area contributed by atoms with Crippen LogP contribution in [0.5, 0.6) is 5.75 Å². The van der Waals surface area contributed by atoms with Crippen LogP contribution in [0.4, 0.5) is 0 Å². The Bertz CT molecular complexity index is 355. The highest BCUT2D eigenvalue weighted by molar-refractivity contribution is 7.98. The van der Waals surface area contributed by atoms with Crippen LogP contribution in [0.3, 0.4) is 0 Å². The molecule has 5 N–H and O–H groups in total. The Morgan fingerprint density at radius 3 is 1.94 bits per heavy atom. The predicted molar refractivity (Wildman–Crippen MR) is 71.5 cm³/mol. The quantitative estimate of drug-likeness (QED) is 0.724. The van der Waals surface area contributed by atoms with Gasteiger partial charge in [0.1, 0.15) is 5.75 Å². The monoisotopic (exact) mass is 258 g/mol. The molecule has 0 heterocycles. The first-order chi connectivity index (χ1) is 7.46. The number of nitrogens with two attached hydrogens (primary N) is 2. The highest BCUT2D eigenvalue weighted by Gasteiger charge is 2.21. The van der Waals surface area contributed by atoms with E-state index in [-0.39, 0.29) is 11.2 Å². The number of rotatable bonds is 4. The molecule has 1 rings (SSSR count). The summed E-state index contributed by atoms with van der Waals surface area (Å²) in [4.78, 5) is 1.35.